The van der Waals surface area contributed by atoms with Crippen LogP contribution in [0.25, 0.3) is 11.3 Å². The molecule has 3 rings (SSSR count). The highest BCUT2D eigenvalue weighted by Gasteiger charge is 2.18. The van der Waals surface area contributed by atoms with E-state index >= 15 is 0 Å². The third kappa shape index (κ3) is 2.98. The first-order chi connectivity index (χ1) is 10.7. The Kier molecular flexibility index (Phi) is 4.14. The number of benzene rings is 1. The molecule has 22 heavy (non-hydrogen) atoms. The van der Waals surface area contributed by atoms with Gasteiger partial charge in [0.1, 0.15) is 11.6 Å². The molecule has 0 atom stereocenters. The average molecular weight is 327 g/mol. The average Bonchev–Trinajstić information content (AvgIpc) is 2.98. The molecule has 0 spiro atoms. The lowest BCUT2D eigenvalue weighted by molar-refractivity contribution is 1.08. The van der Waals surface area contributed by atoms with Crippen LogP contribution in [0.2, 0.25) is 5.28 Å². The Labute approximate surface area is 137 Å². The zero-order chi connectivity index (χ0) is 15.5. The minimum absolute atomic E-state index is 0.141. The minimum Gasteiger partial charge on any atom is -0.348 e. The van der Waals surface area contributed by atoms with Gasteiger partial charge in [-0.3, -0.25) is 0 Å². The van der Waals surface area contributed by atoms with Gasteiger partial charge in [0.05, 0.1) is 16.4 Å². The second-order valence-electron chi connectivity index (χ2n) is 4.62. The largest absolute Gasteiger partial charge is 0.348 e. The van der Waals surface area contributed by atoms with Crippen molar-refractivity contribution in [1.82, 2.24) is 15.3 Å². The highest BCUT2D eigenvalue weighted by atomic mass is 35.5. The summed E-state index contributed by atoms with van der Waals surface area (Å²) >= 11 is 7.35. The summed E-state index contributed by atoms with van der Waals surface area (Å²) in [6.45, 7) is 1.82. The summed E-state index contributed by atoms with van der Waals surface area (Å²) in [5, 5.41) is 15.6. The van der Waals surface area contributed by atoms with E-state index in [1.807, 2.05) is 42.7 Å². The van der Waals surface area contributed by atoms with Gasteiger partial charge in [0.25, 0.3) is 0 Å². The van der Waals surface area contributed by atoms with Crippen LogP contribution in [-0.2, 0) is 0 Å². The standard InChI is InChI=1S/C16H11ClN4S/c1-10-7-13(21-16(17)19-10)12(8-18)15-20-14(9-22-15)11-5-3-2-4-6-11/h2-7,9,20H,1H3. The maximum atomic E-state index is 9.49. The number of rotatable bonds is 2. The van der Waals surface area contributed by atoms with Crippen LogP contribution in [0.4, 0.5) is 0 Å². The summed E-state index contributed by atoms with van der Waals surface area (Å²) in [7, 11) is 0. The molecule has 2 heterocycles. The van der Waals surface area contributed by atoms with E-state index in [0.29, 0.717) is 11.3 Å². The van der Waals surface area contributed by atoms with Crippen molar-refractivity contribution in [2.24, 2.45) is 0 Å². The number of hydrogen-bond acceptors (Lipinski definition) is 5. The molecule has 1 N–H and O–H groups in total. The lowest BCUT2D eigenvalue weighted by Crippen LogP contribution is -2.07. The van der Waals surface area contributed by atoms with Gasteiger partial charge in [-0.25, -0.2) is 9.97 Å². The molecule has 108 valence electrons. The predicted molar refractivity (Wildman–Crippen MR) is 89.5 cm³/mol. The number of thioether (sulfide) groups is 1. The van der Waals surface area contributed by atoms with Crippen molar-refractivity contribution in [3.8, 4) is 6.07 Å². The van der Waals surface area contributed by atoms with Gasteiger partial charge in [-0.1, -0.05) is 42.1 Å². The summed E-state index contributed by atoms with van der Waals surface area (Å²) < 4.78 is 0. The summed E-state index contributed by atoms with van der Waals surface area (Å²) in [5.74, 6) is 0. The maximum Gasteiger partial charge on any atom is 0.223 e. The molecule has 1 aliphatic rings. The van der Waals surface area contributed by atoms with E-state index in [1.54, 1.807) is 6.07 Å². The Bertz CT molecular complexity index is 802. The van der Waals surface area contributed by atoms with Gasteiger partial charge in [-0.15, -0.1) is 0 Å². The lowest BCUT2D eigenvalue weighted by atomic mass is 10.1. The molecule has 6 heteroatoms. The number of aryl methyl sites for hydroxylation is 1. The fraction of sp³-hybridized carbons (Fsp3) is 0.0625. The van der Waals surface area contributed by atoms with Crippen LogP contribution in [0.5, 0.6) is 0 Å². The summed E-state index contributed by atoms with van der Waals surface area (Å²) in [5.41, 5.74) is 3.74. The number of nitrogens with one attached hydrogen (secondary N) is 1. The molecule has 1 aromatic heterocycles. The normalized spacial score (nSPS) is 15.8. The number of nitriles is 1. The number of aromatic nitrogens is 2. The molecule has 0 unspecified atom stereocenters. The zero-order valence-corrected chi connectivity index (χ0v) is 13.2. The van der Waals surface area contributed by atoms with Crippen molar-refractivity contribution in [3.05, 3.63) is 69.1 Å². The van der Waals surface area contributed by atoms with E-state index in [1.165, 1.54) is 11.8 Å². The maximum absolute atomic E-state index is 9.49. The molecule has 0 aliphatic carbocycles. The van der Waals surface area contributed by atoms with E-state index in [2.05, 4.69) is 21.4 Å². The van der Waals surface area contributed by atoms with Crippen molar-refractivity contribution in [3.63, 3.8) is 0 Å². The van der Waals surface area contributed by atoms with Crippen LogP contribution < -0.4 is 5.32 Å². The molecule has 0 saturated heterocycles. The fourth-order valence-electron chi connectivity index (χ4n) is 2.06. The Morgan fingerprint density at radius 3 is 2.73 bits per heavy atom. The Morgan fingerprint density at radius 2 is 2.05 bits per heavy atom. The van der Waals surface area contributed by atoms with E-state index in [-0.39, 0.29) is 5.28 Å². The van der Waals surface area contributed by atoms with Crippen LogP contribution in [0, 0.1) is 18.3 Å². The highest BCUT2D eigenvalue weighted by molar-refractivity contribution is 8.06. The molecule has 0 fully saturated rings. The van der Waals surface area contributed by atoms with Crippen molar-refractivity contribution < 1.29 is 0 Å². The van der Waals surface area contributed by atoms with Gasteiger partial charge < -0.3 is 5.32 Å². The van der Waals surface area contributed by atoms with Crippen LogP contribution in [0.3, 0.4) is 0 Å². The van der Waals surface area contributed by atoms with Crippen LogP contribution in [0.1, 0.15) is 17.0 Å². The number of nitrogens with zero attached hydrogens (tertiary/aromatic N) is 3. The molecule has 4 nitrogen and oxygen atoms in total. The molecule has 0 radical (unpaired) electrons. The third-order valence-corrected chi connectivity index (χ3v) is 4.11. The molecule has 0 bridgehead atoms. The topological polar surface area (TPSA) is 61.6 Å². The van der Waals surface area contributed by atoms with E-state index in [0.717, 1.165) is 22.0 Å². The monoisotopic (exact) mass is 326 g/mol. The molecule has 1 aromatic carbocycles. The zero-order valence-electron chi connectivity index (χ0n) is 11.7. The van der Waals surface area contributed by atoms with E-state index < -0.39 is 0 Å². The minimum atomic E-state index is 0.141. The Hall–Kier alpha value is -2.29. The second kappa shape index (κ2) is 6.22. The summed E-state index contributed by atoms with van der Waals surface area (Å²) in [6, 6.07) is 13.9. The van der Waals surface area contributed by atoms with Gasteiger partial charge in [-0.2, -0.15) is 5.26 Å². The second-order valence-corrected chi connectivity index (χ2v) is 5.84. The molecular formula is C16H11ClN4S. The fourth-order valence-corrected chi connectivity index (χ4v) is 3.16. The molecule has 0 saturated carbocycles. The predicted octanol–water partition coefficient (Wildman–Crippen LogP) is 3.97. The number of allylic oxidation sites excluding steroid dienone is 1. The molecule has 0 amide bonds. The first kappa shape index (κ1) is 14.6. The van der Waals surface area contributed by atoms with Crippen LogP contribution in [0.15, 0.2) is 46.8 Å². The van der Waals surface area contributed by atoms with Gasteiger partial charge in [0.15, 0.2) is 0 Å². The van der Waals surface area contributed by atoms with Crippen molar-refractivity contribution in [2.75, 3.05) is 0 Å². The Balaban J connectivity index is 1.95. The first-order valence-corrected chi connectivity index (χ1v) is 7.78. The van der Waals surface area contributed by atoms with Crippen molar-refractivity contribution in [1.29, 1.82) is 5.26 Å². The van der Waals surface area contributed by atoms with Crippen LogP contribution in [-0.4, -0.2) is 9.97 Å². The first-order valence-electron chi connectivity index (χ1n) is 6.52. The smallest absolute Gasteiger partial charge is 0.223 e. The van der Waals surface area contributed by atoms with Gasteiger partial charge in [0.2, 0.25) is 5.28 Å². The summed E-state index contributed by atoms with van der Waals surface area (Å²) in [4.78, 5) is 8.17. The van der Waals surface area contributed by atoms with Gasteiger partial charge >= 0.3 is 0 Å². The number of hydrogen-bond donors (Lipinski definition) is 1. The molecule has 2 aromatic rings. The highest BCUT2D eigenvalue weighted by Crippen LogP contribution is 2.34. The van der Waals surface area contributed by atoms with Crippen molar-refractivity contribution >= 4 is 34.6 Å². The summed E-state index contributed by atoms with van der Waals surface area (Å²) in [6.07, 6.45) is 0. The van der Waals surface area contributed by atoms with Gasteiger partial charge in [0, 0.05) is 11.1 Å². The van der Waals surface area contributed by atoms with E-state index in [4.69, 9.17) is 11.6 Å². The van der Waals surface area contributed by atoms with E-state index in [9.17, 15) is 5.26 Å². The Morgan fingerprint density at radius 1 is 1.27 bits per heavy atom. The van der Waals surface area contributed by atoms with Crippen LogP contribution >= 0.6 is 23.4 Å². The molecular weight excluding hydrogens is 316 g/mol. The lowest BCUT2D eigenvalue weighted by Gasteiger charge is -2.07. The van der Waals surface area contributed by atoms with Gasteiger partial charge in [-0.05, 0) is 30.2 Å². The molecule has 1 aliphatic heterocycles. The number of halogens is 1. The quantitative estimate of drug-likeness (QED) is 0.668. The third-order valence-electron chi connectivity index (χ3n) is 3.05. The van der Waals surface area contributed by atoms with Crippen molar-refractivity contribution in [2.45, 2.75) is 6.92 Å². The SMILES string of the molecule is Cc1cc(C(C#N)=C2NC(c3ccccc3)=CS2)nc(Cl)n1.